The fourth-order valence-electron chi connectivity index (χ4n) is 2.90. The molecular formula is C15H16ClN3. The molecule has 1 aromatic carbocycles. The van der Waals surface area contributed by atoms with Crippen LogP contribution < -0.4 is 5.32 Å². The van der Waals surface area contributed by atoms with Gasteiger partial charge < -0.3 is 10.3 Å². The Balaban J connectivity index is 1.74. The van der Waals surface area contributed by atoms with Crippen molar-refractivity contribution in [3.05, 3.63) is 35.0 Å². The number of hydrogen-bond acceptors (Lipinski definition) is 2. The summed E-state index contributed by atoms with van der Waals surface area (Å²) in [6, 6.07) is 8.63. The van der Waals surface area contributed by atoms with Crippen LogP contribution in [-0.4, -0.2) is 11.0 Å². The summed E-state index contributed by atoms with van der Waals surface area (Å²) in [6.07, 6.45) is 5.30. The predicted molar refractivity (Wildman–Crippen MR) is 76.9 cm³/mol. The Morgan fingerprint density at radius 2 is 2.32 bits per heavy atom. The molecule has 98 valence electrons. The van der Waals surface area contributed by atoms with Gasteiger partial charge in [0.2, 0.25) is 0 Å². The molecule has 19 heavy (non-hydrogen) atoms. The molecular weight excluding hydrogens is 258 g/mol. The topological polar surface area (TPSA) is 51.6 Å². The third kappa shape index (κ3) is 2.47. The lowest BCUT2D eigenvalue weighted by molar-refractivity contribution is 0.465. The maximum atomic E-state index is 9.09. The van der Waals surface area contributed by atoms with Crippen LogP contribution in [0.25, 0.3) is 10.9 Å². The molecule has 4 heteroatoms. The van der Waals surface area contributed by atoms with Crippen molar-refractivity contribution in [1.82, 2.24) is 10.3 Å². The van der Waals surface area contributed by atoms with Gasteiger partial charge in [0.1, 0.15) is 0 Å². The van der Waals surface area contributed by atoms with Crippen LogP contribution in [-0.2, 0) is 6.54 Å². The number of benzene rings is 1. The smallest absolute Gasteiger partial charge is 0.0672 e. The Hall–Kier alpha value is -1.50. The monoisotopic (exact) mass is 273 g/mol. The Kier molecular flexibility index (Phi) is 3.46. The van der Waals surface area contributed by atoms with Gasteiger partial charge in [-0.05, 0) is 30.5 Å². The predicted octanol–water partition coefficient (Wildman–Crippen LogP) is 3.60. The lowest BCUT2D eigenvalue weighted by Crippen LogP contribution is -2.31. The van der Waals surface area contributed by atoms with Crippen molar-refractivity contribution in [2.45, 2.75) is 31.8 Å². The summed E-state index contributed by atoms with van der Waals surface area (Å²) >= 11 is 5.97. The van der Waals surface area contributed by atoms with Gasteiger partial charge in [0, 0.05) is 34.7 Å². The molecule has 1 aliphatic carbocycles. The Bertz CT molecular complexity index is 626. The first-order chi connectivity index (χ1) is 9.28. The number of nitrogens with zero attached hydrogens (tertiary/aromatic N) is 1. The van der Waals surface area contributed by atoms with E-state index in [0.29, 0.717) is 6.04 Å². The van der Waals surface area contributed by atoms with E-state index in [2.05, 4.69) is 16.4 Å². The molecule has 3 nitrogen and oxygen atoms in total. The molecule has 1 fully saturated rings. The first-order valence-electron chi connectivity index (χ1n) is 6.66. The molecule has 1 aromatic heterocycles. The number of halogens is 1. The highest BCUT2D eigenvalue weighted by Gasteiger charge is 2.26. The first-order valence-corrected chi connectivity index (χ1v) is 7.04. The maximum absolute atomic E-state index is 9.09. The number of nitrogens with one attached hydrogen (secondary N) is 2. The molecule has 0 saturated heterocycles. The van der Waals surface area contributed by atoms with Crippen LogP contribution in [0, 0.1) is 17.2 Å². The SMILES string of the molecule is N#CC1CCCC1NCc1c[nH]c2cc(Cl)ccc12. The molecule has 0 spiro atoms. The lowest BCUT2D eigenvalue weighted by atomic mass is 10.1. The molecule has 1 heterocycles. The number of aromatic amines is 1. The van der Waals surface area contributed by atoms with Gasteiger partial charge in [0.15, 0.2) is 0 Å². The molecule has 0 radical (unpaired) electrons. The minimum atomic E-state index is 0.166. The van der Waals surface area contributed by atoms with E-state index in [0.717, 1.165) is 36.3 Å². The van der Waals surface area contributed by atoms with Gasteiger partial charge in [-0.3, -0.25) is 0 Å². The van der Waals surface area contributed by atoms with Crippen LogP contribution in [0.5, 0.6) is 0 Å². The summed E-state index contributed by atoms with van der Waals surface area (Å²) in [5.41, 5.74) is 2.29. The maximum Gasteiger partial charge on any atom is 0.0672 e. The lowest BCUT2D eigenvalue weighted by Gasteiger charge is -2.15. The molecule has 1 saturated carbocycles. The minimum Gasteiger partial charge on any atom is -0.361 e. The van der Waals surface area contributed by atoms with E-state index in [1.807, 2.05) is 24.4 Å². The van der Waals surface area contributed by atoms with Crippen LogP contribution in [0.1, 0.15) is 24.8 Å². The molecule has 3 rings (SSSR count). The van der Waals surface area contributed by atoms with Crippen molar-refractivity contribution in [3.8, 4) is 6.07 Å². The second kappa shape index (κ2) is 5.24. The minimum absolute atomic E-state index is 0.166. The third-order valence-electron chi connectivity index (χ3n) is 3.97. The average molecular weight is 274 g/mol. The normalized spacial score (nSPS) is 22.7. The standard InChI is InChI=1S/C15H16ClN3/c16-12-4-5-13-11(9-19-15(13)6-12)8-18-14-3-1-2-10(14)7-17/h4-6,9-10,14,18-19H,1-3,8H2. The van der Waals surface area contributed by atoms with Crippen LogP contribution in [0.3, 0.4) is 0 Å². The van der Waals surface area contributed by atoms with Gasteiger partial charge >= 0.3 is 0 Å². The molecule has 1 aliphatic rings. The van der Waals surface area contributed by atoms with Crippen LogP contribution in [0.2, 0.25) is 5.02 Å². The van der Waals surface area contributed by atoms with Crippen LogP contribution >= 0.6 is 11.6 Å². The van der Waals surface area contributed by atoms with Crippen LogP contribution in [0.15, 0.2) is 24.4 Å². The second-order valence-electron chi connectivity index (χ2n) is 5.16. The molecule has 2 atom stereocenters. The zero-order valence-electron chi connectivity index (χ0n) is 10.6. The van der Waals surface area contributed by atoms with E-state index in [4.69, 9.17) is 16.9 Å². The number of H-pyrrole nitrogens is 1. The van der Waals surface area contributed by atoms with Gasteiger partial charge in [-0.25, -0.2) is 0 Å². The Morgan fingerprint density at radius 3 is 3.16 bits per heavy atom. The van der Waals surface area contributed by atoms with E-state index < -0.39 is 0 Å². The number of fused-ring (bicyclic) bond motifs is 1. The van der Waals surface area contributed by atoms with Gasteiger partial charge in [0.05, 0.1) is 12.0 Å². The van der Waals surface area contributed by atoms with Gasteiger partial charge in [-0.1, -0.05) is 24.1 Å². The molecule has 0 aliphatic heterocycles. The number of nitriles is 1. The molecule has 2 unspecified atom stereocenters. The summed E-state index contributed by atoms with van der Waals surface area (Å²) in [5, 5.41) is 14.5. The molecule has 0 bridgehead atoms. The van der Waals surface area contributed by atoms with Crippen molar-refractivity contribution in [3.63, 3.8) is 0 Å². The summed E-state index contributed by atoms with van der Waals surface area (Å²) < 4.78 is 0. The van der Waals surface area contributed by atoms with Gasteiger partial charge in [0.25, 0.3) is 0 Å². The van der Waals surface area contributed by atoms with E-state index in [1.165, 1.54) is 10.9 Å². The number of rotatable bonds is 3. The highest BCUT2D eigenvalue weighted by atomic mass is 35.5. The fraction of sp³-hybridized carbons (Fsp3) is 0.400. The van der Waals surface area contributed by atoms with Crippen molar-refractivity contribution in [2.24, 2.45) is 5.92 Å². The summed E-state index contributed by atoms with van der Waals surface area (Å²) in [6.45, 7) is 0.796. The molecule has 2 aromatic rings. The largest absolute Gasteiger partial charge is 0.361 e. The third-order valence-corrected chi connectivity index (χ3v) is 4.20. The average Bonchev–Trinajstić information content (AvgIpc) is 3.01. The molecule has 2 N–H and O–H groups in total. The Labute approximate surface area is 117 Å². The van der Waals surface area contributed by atoms with E-state index in [9.17, 15) is 0 Å². The quantitative estimate of drug-likeness (QED) is 0.898. The van der Waals surface area contributed by atoms with Crippen molar-refractivity contribution in [2.75, 3.05) is 0 Å². The highest BCUT2D eigenvalue weighted by molar-refractivity contribution is 6.31. The summed E-state index contributed by atoms with van der Waals surface area (Å²) in [4.78, 5) is 3.24. The van der Waals surface area contributed by atoms with Crippen molar-refractivity contribution < 1.29 is 0 Å². The van der Waals surface area contributed by atoms with E-state index >= 15 is 0 Å². The highest BCUT2D eigenvalue weighted by Crippen LogP contribution is 2.26. The van der Waals surface area contributed by atoms with Crippen molar-refractivity contribution >= 4 is 22.5 Å². The fourth-order valence-corrected chi connectivity index (χ4v) is 3.08. The summed E-state index contributed by atoms with van der Waals surface area (Å²) in [5.74, 6) is 0.166. The zero-order valence-corrected chi connectivity index (χ0v) is 11.4. The van der Waals surface area contributed by atoms with Crippen LogP contribution in [0.4, 0.5) is 0 Å². The van der Waals surface area contributed by atoms with Crippen molar-refractivity contribution in [1.29, 1.82) is 5.26 Å². The van der Waals surface area contributed by atoms with Gasteiger partial charge in [-0.15, -0.1) is 0 Å². The van der Waals surface area contributed by atoms with E-state index in [-0.39, 0.29) is 5.92 Å². The Morgan fingerprint density at radius 1 is 1.42 bits per heavy atom. The number of hydrogen-bond donors (Lipinski definition) is 2. The summed E-state index contributed by atoms with van der Waals surface area (Å²) in [7, 11) is 0. The number of aromatic nitrogens is 1. The zero-order chi connectivity index (χ0) is 13.2. The van der Waals surface area contributed by atoms with Gasteiger partial charge in [-0.2, -0.15) is 5.26 Å². The first kappa shape index (κ1) is 12.5. The van der Waals surface area contributed by atoms with E-state index in [1.54, 1.807) is 0 Å². The molecule has 0 amide bonds. The second-order valence-corrected chi connectivity index (χ2v) is 5.59.